The molecule has 5 heteroatoms. The van der Waals surface area contributed by atoms with Crippen LogP contribution in [0.3, 0.4) is 0 Å². The number of amides is 1. The Morgan fingerprint density at radius 3 is 2.33 bits per heavy atom. The van der Waals surface area contributed by atoms with Crippen molar-refractivity contribution < 1.29 is 9.53 Å². The van der Waals surface area contributed by atoms with Crippen molar-refractivity contribution in [2.75, 3.05) is 7.11 Å². The summed E-state index contributed by atoms with van der Waals surface area (Å²) in [6, 6.07) is 12.5. The lowest BCUT2D eigenvalue weighted by atomic mass is 9.96. The first-order valence-electron chi connectivity index (χ1n) is 7.80. The fraction of sp³-hybridized carbons (Fsp3) is 0.316. The van der Waals surface area contributed by atoms with Crippen LogP contribution < -0.4 is 10.1 Å². The zero-order valence-corrected chi connectivity index (χ0v) is 15.5. The van der Waals surface area contributed by atoms with E-state index in [4.69, 9.17) is 27.9 Å². The van der Waals surface area contributed by atoms with Crippen molar-refractivity contribution >= 4 is 29.1 Å². The normalized spacial score (nSPS) is 12.1. The molecule has 0 aliphatic heterocycles. The molecule has 2 aromatic carbocycles. The highest BCUT2D eigenvalue weighted by Gasteiger charge is 2.19. The van der Waals surface area contributed by atoms with Crippen LogP contribution in [0.15, 0.2) is 42.5 Å². The molecule has 0 aromatic heterocycles. The maximum Gasteiger partial charge on any atom is 0.253 e. The molecule has 1 atom stereocenters. The van der Waals surface area contributed by atoms with E-state index in [9.17, 15) is 4.79 Å². The zero-order valence-electron chi connectivity index (χ0n) is 14.0. The standard InChI is InChI=1S/C19H21Cl2NO2/c1-12(2)10-18(13-4-7-15(24-3)8-5-13)22-19(23)16-9-6-14(20)11-17(16)21/h4-9,11-12,18H,10H2,1-3H3,(H,22,23)/t18-/m1/s1. The summed E-state index contributed by atoms with van der Waals surface area (Å²) >= 11 is 12.0. The number of carbonyl (C=O) groups excluding carboxylic acids is 1. The monoisotopic (exact) mass is 365 g/mol. The minimum Gasteiger partial charge on any atom is -0.497 e. The number of benzene rings is 2. The van der Waals surface area contributed by atoms with Gasteiger partial charge in [-0.25, -0.2) is 0 Å². The summed E-state index contributed by atoms with van der Waals surface area (Å²) < 4.78 is 5.19. The lowest BCUT2D eigenvalue weighted by molar-refractivity contribution is 0.0932. The van der Waals surface area contributed by atoms with Crippen LogP contribution in [-0.4, -0.2) is 13.0 Å². The van der Waals surface area contributed by atoms with Crippen molar-refractivity contribution in [2.45, 2.75) is 26.3 Å². The van der Waals surface area contributed by atoms with E-state index in [1.807, 2.05) is 24.3 Å². The van der Waals surface area contributed by atoms with E-state index in [1.54, 1.807) is 25.3 Å². The third kappa shape index (κ3) is 4.89. The molecular formula is C19H21Cl2NO2. The number of hydrogen-bond donors (Lipinski definition) is 1. The third-order valence-electron chi connectivity index (χ3n) is 3.71. The van der Waals surface area contributed by atoms with Crippen LogP contribution in [0.1, 0.15) is 42.2 Å². The molecule has 0 unspecified atom stereocenters. The van der Waals surface area contributed by atoms with Crippen molar-refractivity contribution in [1.29, 1.82) is 0 Å². The highest BCUT2D eigenvalue weighted by Crippen LogP contribution is 2.26. The highest BCUT2D eigenvalue weighted by molar-refractivity contribution is 6.36. The van der Waals surface area contributed by atoms with Gasteiger partial charge in [0.1, 0.15) is 5.75 Å². The van der Waals surface area contributed by atoms with E-state index < -0.39 is 0 Å². The van der Waals surface area contributed by atoms with Crippen molar-refractivity contribution in [3.8, 4) is 5.75 Å². The Balaban J connectivity index is 2.22. The summed E-state index contributed by atoms with van der Waals surface area (Å²) in [5, 5.41) is 3.92. The lowest BCUT2D eigenvalue weighted by Gasteiger charge is -2.22. The van der Waals surface area contributed by atoms with Crippen molar-refractivity contribution in [3.63, 3.8) is 0 Å². The van der Waals surface area contributed by atoms with Gasteiger partial charge in [-0.05, 0) is 48.2 Å². The maximum absolute atomic E-state index is 12.6. The second kappa shape index (κ2) is 8.41. The van der Waals surface area contributed by atoms with Gasteiger partial charge in [0.15, 0.2) is 0 Å². The Bertz CT molecular complexity index is 699. The summed E-state index contributed by atoms with van der Waals surface area (Å²) in [7, 11) is 1.63. The molecule has 0 bridgehead atoms. The molecule has 2 aromatic rings. The zero-order chi connectivity index (χ0) is 17.7. The Hall–Kier alpha value is -1.71. The van der Waals surface area contributed by atoms with Gasteiger partial charge in [-0.15, -0.1) is 0 Å². The van der Waals surface area contributed by atoms with Crippen molar-refractivity contribution in [2.24, 2.45) is 5.92 Å². The number of methoxy groups -OCH3 is 1. The molecule has 24 heavy (non-hydrogen) atoms. The minimum absolute atomic E-state index is 0.102. The number of nitrogens with one attached hydrogen (secondary N) is 1. The molecule has 0 aliphatic carbocycles. The molecule has 0 aliphatic rings. The molecule has 0 spiro atoms. The number of hydrogen-bond acceptors (Lipinski definition) is 2. The van der Waals surface area contributed by atoms with E-state index in [-0.39, 0.29) is 11.9 Å². The molecule has 1 amide bonds. The number of rotatable bonds is 6. The first-order valence-corrected chi connectivity index (χ1v) is 8.56. The smallest absolute Gasteiger partial charge is 0.253 e. The Morgan fingerprint density at radius 1 is 1.12 bits per heavy atom. The van der Waals surface area contributed by atoms with E-state index in [0.717, 1.165) is 17.7 Å². The largest absolute Gasteiger partial charge is 0.497 e. The van der Waals surface area contributed by atoms with E-state index in [1.165, 1.54) is 0 Å². The minimum atomic E-state index is -0.210. The lowest BCUT2D eigenvalue weighted by Crippen LogP contribution is -2.29. The quantitative estimate of drug-likeness (QED) is 0.731. The van der Waals surface area contributed by atoms with Crippen LogP contribution in [0, 0.1) is 5.92 Å². The van der Waals surface area contributed by atoms with E-state index in [2.05, 4.69) is 19.2 Å². The second-order valence-electron chi connectivity index (χ2n) is 6.05. The molecule has 0 saturated carbocycles. The number of carbonyl (C=O) groups is 1. The highest BCUT2D eigenvalue weighted by atomic mass is 35.5. The average Bonchev–Trinajstić information content (AvgIpc) is 2.53. The van der Waals surface area contributed by atoms with Crippen LogP contribution in [-0.2, 0) is 0 Å². The van der Waals surface area contributed by atoms with Gasteiger partial charge < -0.3 is 10.1 Å². The first kappa shape index (κ1) is 18.6. The predicted molar refractivity (Wildman–Crippen MR) is 99.1 cm³/mol. The average molecular weight is 366 g/mol. The van der Waals surface area contributed by atoms with Gasteiger partial charge in [-0.2, -0.15) is 0 Å². The summed E-state index contributed by atoms with van der Waals surface area (Å²) in [6.45, 7) is 4.25. The van der Waals surface area contributed by atoms with Gasteiger partial charge in [-0.1, -0.05) is 49.2 Å². The Morgan fingerprint density at radius 2 is 1.79 bits per heavy atom. The van der Waals surface area contributed by atoms with Gasteiger partial charge in [0.25, 0.3) is 5.91 Å². The van der Waals surface area contributed by atoms with Gasteiger partial charge in [0.05, 0.1) is 23.7 Å². The molecule has 0 fully saturated rings. The molecule has 1 N–H and O–H groups in total. The van der Waals surface area contributed by atoms with Crippen LogP contribution in [0.2, 0.25) is 10.0 Å². The molecule has 3 nitrogen and oxygen atoms in total. The topological polar surface area (TPSA) is 38.3 Å². The third-order valence-corrected chi connectivity index (χ3v) is 4.25. The van der Waals surface area contributed by atoms with Crippen LogP contribution >= 0.6 is 23.2 Å². The molecular weight excluding hydrogens is 345 g/mol. The molecule has 0 radical (unpaired) electrons. The summed E-state index contributed by atoms with van der Waals surface area (Å²) in [6.07, 6.45) is 0.823. The van der Waals surface area contributed by atoms with Gasteiger partial charge in [0, 0.05) is 5.02 Å². The van der Waals surface area contributed by atoms with Crippen molar-refractivity contribution in [3.05, 3.63) is 63.6 Å². The summed E-state index contributed by atoms with van der Waals surface area (Å²) in [5.74, 6) is 1.00. The molecule has 0 saturated heterocycles. The Kier molecular flexibility index (Phi) is 6.52. The van der Waals surface area contributed by atoms with E-state index >= 15 is 0 Å². The summed E-state index contributed by atoms with van der Waals surface area (Å²) in [4.78, 5) is 12.6. The van der Waals surface area contributed by atoms with Crippen LogP contribution in [0.4, 0.5) is 0 Å². The fourth-order valence-corrected chi connectivity index (χ4v) is 2.99. The van der Waals surface area contributed by atoms with Crippen LogP contribution in [0.25, 0.3) is 0 Å². The number of ether oxygens (including phenoxy) is 1. The molecule has 0 heterocycles. The Labute approximate surface area is 152 Å². The predicted octanol–water partition coefficient (Wildman–Crippen LogP) is 5.52. The SMILES string of the molecule is COc1ccc([C@@H](CC(C)C)NC(=O)c2ccc(Cl)cc2Cl)cc1. The number of halogens is 2. The van der Waals surface area contributed by atoms with Crippen LogP contribution in [0.5, 0.6) is 5.75 Å². The summed E-state index contributed by atoms with van der Waals surface area (Å²) in [5.41, 5.74) is 1.45. The molecule has 128 valence electrons. The van der Waals surface area contributed by atoms with Gasteiger partial charge in [0.2, 0.25) is 0 Å². The fourth-order valence-electron chi connectivity index (χ4n) is 2.50. The van der Waals surface area contributed by atoms with Crippen molar-refractivity contribution in [1.82, 2.24) is 5.32 Å². The first-order chi connectivity index (χ1) is 11.4. The maximum atomic E-state index is 12.6. The van der Waals surface area contributed by atoms with Gasteiger partial charge >= 0.3 is 0 Å². The molecule has 2 rings (SSSR count). The van der Waals surface area contributed by atoms with E-state index in [0.29, 0.717) is 21.5 Å². The second-order valence-corrected chi connectivity index (χ2v) is 6.90. The van der Waals surface area contributed by atoms with Gasteiger partial charge in [-0.3, -0.25) is 4.79 Å².